The molecule has 0 amide bonds. The van der Waals surface area contributed by atoms with Gasteiger partial charge in [-0.05, 0) is 36.1 Å². The van der Waals surface area contributed by atoms with Gasteiger partial charge in [0, 0.05) is 18.0 Å². The molecule has 0 fully saturated rings. The van der Waals surface area contributed by atoms with Crippen molar-refractivity contribution in [3.63, 3.8) is 0 Å². The number of rotatable bonds is 7. The van der Waals surface area contributed by atoms with Crippen LogP contribution in [-0.2, 0) is 17.9 Å². The lowest BCUT2D eigenvalue weighted by Gasteiger charge is -2.04. The summed E-state index contributed by atoms with van der Waals surface area (Å²) < 4.78 is 10.6. The first-order chi connectivity index (χ1) is 8.36. The molecule has 0 aromatic carbocycles. The van der Waals surface area contributed by atoms with Crippen molar-refractivity contribution in [3.8, 4) is 0 Å². The highest BCUT2D eigenvalue weighted by molar-refractivity contribution is 7.10. The molecule has 2 rings (SSSR count). The molecule has 2 aromatic heterocycles. The van der Waals surface area contributed by atoms with Crippen LogP contribution in [0.4, 0.5) is 0 Å². The number of thiophene rings is 1. The zero-order valence-electron chi connectivity index (χ0n) is 9.94. The fraction of sp³-hybridized carbons (Fsp3) is 0.385. The molecule has 0 spiro atoms. The lowest BCUT2D eigenvalue weighted by molar-refractivity contribution is 0.108. The fourth-order valence-electron chi connectivity index (χ4n) is 1.50. The summed E-state index contributed by atoms with van der Waals surface area (Å²) in [4.78, 5) is 1.40. The molecular weight excluding hydrogens is 234 g/mol. The van der Waals surface area contributed by atoms with Crippen LogP contribution in [0.1, 0.15) is 16.2 Å². The zero-order valence-corrected chi connectivity index (χ0v) is 10.8. The van der Waals surface area contributed by atoms with Crippen LogP contribution in [0.5, 0.6) is 0 Å². The van der Waals surface area contributed by atoms with Gasteiger partial charge in [0.1, 0.15) is 12.4 Å². The Morgan fingerprint density at radius 2 is 2.35 bits per heavy atom. The van der Waals surface area contributed by atoms with Crippen molar-refractivity contribution < 1.29 is 9.15 Å². The number of hydrogen-bond acceptors (Lipinski definition) is 4. The second kappa shape index (κ2) is 6.59. The van der Waals surface area contributed by atoms with Gasteiger partial charge in [-0.15, -0.1) is 11.3 Å². The molecule has 2 aromatic rings. The van der Waals surface area contributed by atoms with Gasteiger partial charge in [-0.2, -0.15) is 0 Å². The van der Waals surface area contributed by atoms with Gasteiger partial charge < -0.3 is 14.5 Å². The molecule has 3 nitrogen and oxygen atoms in total. The highest BCUT2D eigenvalue weighted by Crippen LogP contribution is 2.14. The first-order valence-electron chi connectivity index (χ1n) is 5.70. The quantitative estimate of drug-likeness (QED) is 0.768. The summed E-state index contributed by atoms with van der Waals surface area (Å²) in [5, 5.41) is 5.49. The molecule has 0 bridgehead atoms. The van der Waals surface area contributed by atoms with Crippen molar-refractivity contribution in [2.24, 2.45) is 0 Å². The van der Waals surface area contributed by atoms with E-state index in [1.165, 1.54) is 10.4 Å². The minimum absolute atomic E-state index is 0.548. The molecule has 0 aliphatic rings. The van der Waals surface area contributed by atoms with Crippen LogP contribution in [-0.4, -0.2) is 13.2 Å². The third-order valence-electron chi connectivity index (χ3n) is 2.50. The van der Waals surface area contributed by atoms with Crippen LogP contribution in [0, 0.1) is 6.92 Å². The van der Waals surface area contributed by atoms with Crippen LogP contribution in [0.25, 0.3) is 0 Å². The third kappa shape index (κ3) is 4.00. The van der Waals surface area contributed by atoms with E-state index >= 15 is 0 Å². The van der Waals surface area contributed by atoms with Crippen LogP contribution in [0.2, 0.25) is 0 Å². The van der Waals surface area contributed by atoms with Crippen molar-refractivity contribution in [1.82, 2.24) is 5.32 Å². The summed E-state index contributed by atoms with van der Waals surface area (Å²) in [6, 6.07) is 5.94. The first kappa shape index (κ1) is 12.4. The number of aryl methyl sites for hydroxylation is 1. The molecule has 2 heterocycles. The maximum absolute atomic E-state index is 5.47. The molecule has 0 radical (unpaired) electrons. The van der Waals surface area contributed by atoms with E-state index in [1.54, 1.807) is 17.6 Å². The summed E-state index contributed by atoms with van der Waals surface area (Å²) in [5.41, 5.74) is 1.36. The van der Waals surface area contributed by atoms with Crippen molar-refractivity contribution in [1.29, 1.82) is 0 Å². The maximum Gasteiger partial charge on any atom is 0.129 e. The number of ether oxygens (including phenoxy) is 1. The Balaban J connectivity index is 1.54. The van der Waals surface area contributed by atoms with Gasteiger partial charge >= 0.3 is 0 Å². The van der Waals surface area contributed by atoms with Gasteiger partial charge in [0.15, 0.2) is 0 Å². The van der Waals surface area contributed by atoms with E-state index in [0.29, 0.717) is 13.2 Å². The maximum atomic E-state index is 5.47. The topological polar surface area (TPSA) is 34.4 Å². The fourth-order valence-corrected chi connectivity index (χ4v) is 2.37. The first-order valence-corrected chi connectivity index (χ1v) is 6.58. The summed E-state index contributed by atoms with van der Waals surface area (Å²) in [6.07, 6.45) is 1.66. The van der Waals surface area contributed by atoms with Crippen molar-refractivity contribution in [2.75, 3.05) is 13.2 Å². The second-order valence-corrected chi connectivity index (χ2v) is 4.84. The smallest absolute Gasteiger partial charge is 0.129 e. The molecule has 92 valence electrons. The van der Waals surface area contributed by atoms with E-state index in [1.807, 2.05) is 12.1 Å². The highest BCUT2D eigenvalue weighted by Gasteiger charge is 1.99. The van der Waals surface area contributed by atoms with Crippen LogP contribution in [0.15, 0.2) is 34.3 Å². The third-order valence-corrected chi connectivity index (χ3v) is 3.52. The summed E-state index contributed by atoms with van der Waals surface area (Å²) >= 11 is 1.79. The van der Waals surface area contributed by atoms with E-state index in [0.717, 1.165) is 18.8 Å². The average Bonchev–Trinajstić information content (AvgIpc) is 2.95. The Labute approximate surface area is 105 Å². The molecule has 0 saturated carbocycles. The standard InChI is InChI=1S/C13H17NO2S/c1-11-4-8-17-13(11)9-14-5-7-15-10-12-3-2-6-16-12/h2-4,6,8,14H,5,7,9-10H2,1H3. The van der Waals surface area contributed by atoms with Gasteiger partial charge in [-0.1, -0.05) is 0 Å². The number of nitrogens with one attached hydrogen (secondary N) is 1. The van der Waals surface area contributed by atoms with Crippen LogP contribution >= 0.6 is 11.3 Å². The normalized spacial score (nSPS) is 10.9. The predicted molar refractivity (Wildman–Crippen MR) is 69.1 cm³/mol. The minimum Gasteiger partial charge on any atom is -0.467 e. The zero-order chi connectivity index (χ0) is 11.9. The Morgan fingerprint density at radius 1 is 1.41 bits per heavy atom. The van der Waals surface area contributed by atoms with Gasteiger partial charge in [-0.3, -0.25) is 0 Å². The lowest BCUT2D eigenvalue weighted by Crippen LogP contribution is -2.18. The van der Waals surface area contributed by atoms with Crippen molar-refractivity contribution in [2.45, 2.75) is 20.1 Å². The Kier molecular flexibility index (Phi) is 4.79. The molecule has 17 heavy (non-hydrogen) atoms. The number of furan rings is 1. The average molecular weight is 251 g/mol. The molecule has 0 saturated heterocycles. The number of hydrogen-bond donors (Lipinski definition) is 1. The Hall–Kier alpha value is -1.10. The van der Waals surface area contributed by atoms with E-state index in [4.69, 9.17) is 9.15 Å². The van der Waals surface area contributed by atoms with Crippen LogP contribution < -0.4 is 5.32 Å². The largest absolute Gasteiger partial charge is 0.467 e. The predicted octanol–water partition coefficient (Wildman–Crippen LogP) is 2.96. The van der Waals surface area contributed by atoms with Gasteiger partial charge in [0.05, 0.1) is 12.9 Å². The molecule has 0 atom stereocenters. The van der Waals surface area contributed by atoms with Crippen LogP contribution in [0.3, 0.4) is 0 Å². The molecule has 0 aliphatic heterocycles. The van der Waals surface area contributed by atoms with Crippen molar-refractivity contribution >= 4 is 11.3 Å². The minimum atomic E-state index is 0.548. The van der Waals surface area contributed by atoms with E-state index in [2.05, 4.69) is 23.7 Å². The molecule has 0 aliphatic carbocycles. The van der Waals surface area contributed by atoms with Crippen molar-refractivity contribution in [3.05, 3.63) is 46.0 Å². The SMILES string of the molecule is Cc1ccsc1CNCCOCc1ccco1. The summed E-state index contributed by atoms with van der Waals surface area (Å²) in [7, 11) is 0. The summed E-state index contributed by atoms with van der Waals surface area (Å²) in [6.45, 7) is 5.17. The monoisotopic (exact) mass is 251 g/mol. The Morgan fingerprint density at radius 3 is 3.06 bits per heavy atom. The van der Waals surface area contributed by atoms with Gasteiger partial charge in [0.2, 0.25) is 0 Å². The molecule has 1 N–H and O–H groups in total. The van der Waals surface area contributed by atoms with E-state index in [9.17, 15) is 0 Å². The molecule has 4 heteroatoms. The van der Waals surface area contributed by atoms with Gasteiger partial charge in [-0.25, -0.2) is 0 Å². The van der Waals surface area contributed by atoms with E-state index < -0.39 is 0 Å². The molecule has 0 unspecified atom stereocenters. The van der Waals surface area contributed by atoms with E-state index in [-0.39, 0.29) is 0 Å². The second-order valence-electron chi connectivity index (χ2n) is 3.84. The lowest BCUT2D eigenvalue weighted by atomic mass is 10.3. The van der Waals surface area contributed by atoms with Gasteiger partial charge in [0.25, 0.3) is 0 Å². The summed E-state index contributed by atoms with van der Waals surface area (Å²) in [5.74, 6) is 0.874. The molecular formula is C13H17NO2S. The Bertz CT molecular complexity index is 422. The highest BCUT2D eigenvalue weighted by atomic mass is 32.1.